The van der Waals surface area contributed by atoms with Crippen molar-refractivity contribution in [2.75, 3.05) is 6.61 Å². The Labute approximate surface area is 99.4 Å². The number of Topliss-reactive ketones (excluding diaryl/α,β-unsaturated/α-hetero) is 1. The molecule has 0 aliphatic rings. The summed E-state index contributed by atoms with van der Waals surface area (Å²) < 4.78 is 54.3. The van der Waals surface area contributed by atoms with Crippen molar-refractivity contribution in [3.63, 3.8) is 0 Å². The van der Waals surface area contributed by atoms with Gasteiger partial charge in [0.1, 0.15) is 5.82 Å². The Morgan fingerprint density at radius 2 is 1.89 bits per heavy atom. The fraction of sp³-hybridized carbons (Fsp3) is 0.273. The Kier molecular flexibility index (Phi) is 4.05. The summed E-state index contributed by atoms with van der Waals surface area (Å²) in [5.74, 6) is -4.04. The van der Waals surface area contributed by atoms with Gasteiger partial charge >= 0.3 is 12.1 Å². The maximum Gasteiger partial charge on any atom is 0.416 e. The molecule has 0 saturated heterocycles. The van der Waals surface area contributed by atoms with E-state index in [1.807, 2.05) is 0 Å². The van der Waals surface area contributed by atoms with Gasteiger partial charge in [-0.3, -0.25) is 4.79 Å². The lowest BCUT2D eigenvalue weighted by Crippen LogP contribution is -2.19. The van der Waals surface area contributed by atoms with E-state index in [-0.39, 0.29) is 12.7 Å². The largest absolute Gasteiger partial charge is 0.460 e. The second-order valence-corrected chi connectivity index (χ2v) is 3.24. The molecule has 98 valence electrons. The molecule has 0 atom stereocenters. The van der Waals surface area contributed by atoms with Crippen LogP contribution >= 0.6 is 0 Å². The third-order valence-corrected chi connectivity index (χ3v) is 2.00. The van der Waals surface area contributed by atoms with Gasteiger partial charge in [0, 0.05) is 0 Å². The predicted molar refractivity (Wildman–Crippen MR) is 52.4 cm³/mol. The van der Waals surface area contributed by atoms with Crippen LogP contribution in [0.4, 0.5) is 17.6 Å². The summed E-state index contributed by atoms with van der Waals surface area (Å²) in [6, 6.07) is 1.29. The van der Waals surface area contributed by atoms with Crippen LogP contribution in [0.5, 0.6) is 0 Å². The number of ketones is 1. The molecule has 0 unspecified atom stereocenters. The molecule has 0 amide bonds. The van der Waals surface area contributed by atoms with Crippen LogP contribution in [-0.4, -0.2) is 18.4 Å². The van der Waals surface area contributed by atoms with Crippen LogP contribution in [0.2, 0.25) is 0 Å². The highest BCUT2D eigenvalue weighted by atomic mass is 19.4. The highest BCUT2D eigenvalue weighted by Gasteiger charge is 2.32. The highest BCUT2D eigenvalue weighted by Crippen LogP contribution is 2.30. The van der Waals surface area contributed by atoms with Gasteiger partial charge in [0.2, 0.25) is 0 Å². The first-order valence-electron chi connectivity index (χ1n) is 4.85. The standard InChI is InChI=1S/C11H8F4O3/c1-2-18-10(17)9(16)7-4-3-6(5-8(7)12)11(13,14)15/h3-5H,2H2,1H3. The number of carbonyl (C=O) groups excluding carboxylic acids is 2. The molecule has 0 saturated carbocycles. The fourth-order valence-electron chi connectivity index (χ4n) is 1.18. The number of halogens is 4. The first kappa shape index (κ1) is 14.1. The molecule has 0 N–H and O–H groups in total. The predicted octanol–water partition coefficient (Wildman–Crippen LogP) is 2.59. The Morgan fingerprint density at radius 1 is 1.28 bits per heavy atom. The van der Waals surface area contributed by atoms with Crippen LogP contribution < -0.4 is 0 Å². The summed E-state index contributed by atoms with van der Waals surface area (Å²) in [4.78, 5) is 22.3. The zero-order valence-electron chi connectivity index (χ0n) is 9.18. The van der Waals surface area contributed by atoms with Gasteiger partial charge in [0.25, 0.3) is 5.78 Å². The number of hydrogen-bond donors (Lipinski definition) is 0. The summed E-state index contributed by atoms with van der Waals surface area (Å²) in [5, 5.41) is 0. The van der Waals surface area contributed by atoms with E-state index in [4.69, 9.17) is 0 Å². The Hall–Kier alpha value is -1.92. The number of rotatable bonds is 3. The smallest absolute Gasteiger partial charge is 0.416 e. The van der Waals surface area contributed by atoms with Crippen LogP contribution in [0.15, 0.2) is 18.2 Å². The Morgan fingerprint density at radius 3 is 2.33 bits per heavy atom. The Balaban J connectivity index is 3.07. The van der Waals surface area contributed by atoms with E-state index in [9.17, 15) is 27.2 Å². The lowest BCUT2D eigenvalue weighted by molar-refractivity contribution is -0.138. The highest BCUT2D eigenvalue weighted by molar-refractivity contribution is 6.40. The minimum Gasteiger partial charge on any atom is -0.460 e. The van der Waals surface area contributed by atoms with Crippen LogP contribution in [-0.2, 0) is 15.7 Å². The molecule has 0 radical (unpaired) electrons. The summed E-state index contributed by atoms with van der Waals surface area (Å²) in [6.07, 6.45) is -4.72. The number of alkyl halides is 3. The van der Waals surface area contributed by atoms with E-state index >= 15 is 0 Å². The molecular formula is C11H8F4O3. The minimum atomic E-state index is -4.72. The summed E-state index contributed by atoms with van der Waals surface area (Å²) in [7, 11) is 0. The molecule has 0 spiro atoms. The molecule has 0 aliphatic carbocycles. The molecule has 0 aromatic heterocycles. The average Bonchev–Trinajstić information content (AvgIpc) is 2.27. The van der Waals surface area contributed by atoms with Crippen molar-refractivity contribution in [1.82, 2.24) is 0 Å². The minimum absolute atomic E-state index is 0.0904. The quantitative estimate of drug-likeness (QED) is 0.365. The molecular weight excluding hydrogens is 256 g/mol. The van der Waals surface area contributed by atoms with E-state index in [0.717, 1.165) is 0 Å². The lowest BCUT2D eigenvalue weighted by Gasteiger charge is -2.08. The topological polar surface area (TPSA) is 43.4 Å². The van der Waals surface area contributed by atoms with Gasteiger partial charge < -0.3 is 4.74 Å². The van der Waals surface area contributed by atoms with Crippen LogP contribution in [0.1, 0.15) is 22.8 Å². The monoisotopic (exact) mass is 264 g/mol. The average molecular weight is 264 g/mol. The Bertz CT molecular complexity index is 480. The lowest BCUT2D eigenvalue weighted by atomic mass is 10.1. The third kappa shape index (κ3) is 3.06. The van der Waals surface area contributed by atoms with Gasteiger partial charge in [0.05, 0.1) is 17.7 Å². The van der Waals surface area contributed by atoms with E-state index in [0.29, 0.717) is 12.1 Å². The van der Waals surface area contributed by atoms with Gasteiger partial charge in [0.15, 0.2) is 0 Å². The molecule has 1 aromatic rings. The van der Waals surface area contributed by atoms with Crippen LogP contribution in [0.3, 0.4) is 0 Å². The molecule has 0 fully saturated rings. The maximum atomic E-state index is 13.3. The number of carbonyl (C=O) groups is 2. The first-order valence-corrected chi connectivity index (χ1v) is 4.85. The van der Waals surface area contributed by atoms with E-state index in [1.165, 1.54) is 6.92 Å². The van der Waals surface area contributed by atoms with Gasteiger partial charge in [-0.25, -0.2) is 9.18 Å². The second-order valence-electron chi connectivity index (χ2n) is 3.24. The molecule has 0 bridgehead atoms. The molecule has 7 heteroatoms. The normalized spacial score (nSPS) is 11.2. The molecule has 3 nitrogen and oxygen atoms in total. The molecule has 18 heavy (non-hydrogen) atoms. The van der Waals surface area contributed by atoms with E-state index in [2.05, 4.69) is 4.74 Å². The fourth-order valence-corrected chi connectivity index (χ4v) is 1.18. The van der Waals surface area contributed by atoms with Gasteiger partial charge in [-0.2, -0.15) is 13.2 Å². The summed E-state index contributed by atoms with van der Waals surface area (Å²) in [5.41, 5.74) is -1.98. The second kappa shape index (κ2) is 5.16. The van der Waals surface area contributed by atoms with Crippen molar-refractivity contribution in [3.8, 4) is 0 Å². The number of benzene rings is 1. The SMILES string of the molecule is CCOC(=O)C(=O)c1ccc(C(F)(F)F)cc1F. The van der Waals surface area contributed by atoms with Crippen molar-refractivity contribution in [3.05, 3.63) is 35.1 Å². The van der Waals surface area contributed by atoms with Crippen molar-refractivity contribution >= 4 is 11.8 Å². The van der Waals surface area contributed by atoms with Crippen molar-refractivity contribution in [1.29, 1.82) is 0 Å². The zero-order chi connectivity index (χ0) is 13.9. The van der Waals surface area contributed by atoms with E-state index in [1.54, 1.807) is 0 Å². The summed E-state index contributed by atoms with van der Waals surface area (Å²) >= 11 is 0. The number of hydrogen-bond acceptors (Lipinski definition) is 3. The zero-order valence-corrected chi connectivity index (χ0v) is 9.18. The van der Waals surface area contributed by atoms with Gasteiger partial charge in [-0.15, -0.1) is 0 Å². The van der Waals surface area contributed by atoms with Crippen molar-refractivity contribution in [2.24, 2.45) is 0 Å². The molecule has 0 heterocycles. The van der Waals surface area contributed by atoms with E-state index < -0.39 is 34.9 Å². The first-order chi connectivity index (χ1) is 8.27. The van der Waals surface area contributed by atoms with Crippen molar-refractivity contribution < 1.29 is 31.9 Å². The molecule has 0 aliphatic heterocycles. The maximum absolute atomic E-state index is 13.3. The number of ether oxygens (including phenoxy) is 1. The van der Waals surface area contributed by atoms with Crippen molar-refractivity contribution in [2.45, 2.75) is 13.1 Å². The summed E-state index contributed by atoms with van der Waals surface area (Å²) in [6.45, 7) is 1.35. The van der Waals surface area contributed by atoms with Crippen LogP contribution in [0, 0.1) is 5.82 Å². The van der Waals surface area contributed by atoms with Gasteiger partial charge in [-0.05, 0) is 25.1 Å². The third-order valence-electron chi connectivity index (χ3n) is 2.00. The number of esters is 1. The molecule has 1 aromatic carbocycles. The van der Waals surface area contributed by atoms with Gasteiger partial charge in [-0.1, -0.05) is 0 Å². The molecule has 1 rings (SSSR count). The van der Waals surface area contributed by atoms with Crippen LogP contribution in [0.25, 0.3) is 0 Å².